The lowest BCUT2D eigenvalue weighted by Crippen LogP contribution is -2.37. The summed E-state index contributed by atoms with van der Waals surface area (Å²) in [6.45, 7) is 4.22. The van der Waals surface area contributed by atoms with E-state index in [0.29, 0.717) is 24.1 Å². The summed E-state index contributed by atoms with van der Waals surface area (Å²) in [6, 6.07) is 5.43. The maximum atomic E-state index is 12.4. The molecule has 1 aliphatic heterocycles. The smallest absolute Gasteiger partial charge is 0.293 e. The van der Waals surface area contributed by atoms with Crippen molar-refractivity contribution >= 4 is 18.1 Å². The highest BCUT2D eigenvalue weighted by Crippen LogP contribution is 2.16. The van der Waals surface area contributed by atoms with Crippen molar-refractivity contribution in [1.82, 2.24) is 10.2 Å². The van der Waals surface area contributed by atoms with E-state index in [9.17, 15) is 9.59 Å². The van der Waals surface area contributed by atoms with E-state index < -0.39 is 0 Å². The minimum absolute atomic E-state index is 0.0996. The van der Waals surface area contributed by atoms with E-state index in [1.54, 1.807) is 19.2 Å². The number of benzene rings is 1. The van der Waals surface area contributed by atoms with E-state index >= 15 is 0 Å². The maximum Gasteiger partial charge on any atom is 0.293 e. The van der Waals surface area contributed by atoms with Gasteiger partial charge in [0.2, 0.25) is 0 Å². The van der Waals surface area contributed by atoms with Crippen LogP contribution in [0.5, 0.6) is 0 Å². The zero-order valence-electron chi connectivity index (χ0n) is 13.6. The third-order valence-electron chi connectivity index (χ3n) is 4.11. The molecule has 1 fully saturated rings. The summed E-state index contributed by atoms with van der Waals surface area (Å²) in [5.74, 6) is -0.136. The summed E-state index contributed by atoms with van der Waals surface area (Å²) in [5, 5.41) is 5.98. The normalized spacial score (nSPS) is 15.0. The van der Waals surface area contributed by atoms with Gasteiger partial charge in [-0.3, -0.25) is 9.59 Å². The average molecular weight is 319 g/mol. The molecule has 0 unspecified atom stereocenters. The fourth-order valence-electron chi connectivity index (χ4n) is 2.80. The first kappa shape index (κ1) is 17.3. The molecule has 0 aliphatic carbocycles. The second-order valence-corrected chi connectivity index (χ2v) is 5.69. The van der Waals surface area contributed by atoms with Crippen LogP contribution >= 0.6 is 0 Å². The number of hydrogen-bond acceptors (Lipinski definition) is 5. The topological polar surface area (TPSA) is 70.7 Å². The summed E-state index contributed by atoms with van der Waals surface area (Å²) in [5.41, 5.74) is 2.09. The Bertz CT molecular complexity index is 528. The van der Waals surface area contributed by atoms with Gasteiger partial charge >= 0.3 is 0 Å². The molecule has 2 N–H and O–H groups in total. The number of carbonyl (C=O) groups is 2. The standard InChI is InChI=1S/C17H25N3O3/c1-18-15-6-5-14(12-23-13-21)16(11-15)17(22)19-7-10-20-8-3-2-4-9-20/h5-6,11,13,18H,2-4,7-10,12H2,1H3,(H,19,22). The molecule has 23 heavy (non-hydrogen) atoms. The number of nitrogens with zero attached hydrogens (tertiary/aromatic N) is 1. The quantitative estimate of drug-likeness (QED) is 0.713. The zero-order valence-corrected chi connectivity index (χ0v) is 13.6. The number of nitrogens with one attached hydrogen (secondary N) is 2. The third kappa shape index (κ3) is 5.25. The van der Waals surface area contributed by atoms with Crippen molar-refractivity contribution in [3.05, 3.63) is 29.3 Å². The number of amides is 1. The number of ether oxygens (including phenoxy) is 1. The first-order chi connectivity index (χ1) is 11.2. The predicted molar refractivity (Wildman–Crippen MR) is 89.5 cm³/mol. The van der Waals surface area contributed by atoms with Gasteiger partial charge in [0, 0.05) is 37.0 Å². The Hall–Kier alpha value is -2.08. The first-order valence-corrected chi connectivity index (χ1v) is 8.11. The lowest BCUT2D eigenvalue weighted by atomic mass is 10.1. The fourth-order valence-corrected chi connectivity index (χ4v) is 2.80. The van der Waals surface area contributed by atoms with Crippen LogP contribution < -0.4 is 10.6 Å². The Balaban J connectivity index is 1.94. The Morgan fingerprint density at radius 2 is 2.09 bits per heavy atom. The summed E-state index contributed by atoms with van der Waals surface area (Å²) >= 11 is 0. The molecule has 1 heterocycles. The summed E-state index contributed by atoms with van der Waals surface area (Å²) in [7, 11) is 1.80. The van der Waals surface area contributed by atoms with E-state index in [4.69, 9.17) is 4.74 Å². The highest BCUT2D eigenvalue weighted by Gasteiger charge is 2.14. The van der Waals surface area contributed by atoms with Crippen LogP contribution in [-0.4, -0.2) is 50.5 Å². The molecule has 6 heteroatoms. The Morgan fingerprint density at radius 3 is 2.78 bits per heavy atom. The molecule has 2 rings (SSSR count). The molecule has 0 spiro atoms. The molecular weight excluding hydrogens is 294 g/mol. The predicted octanol–water partition coefficient (Wildman–Crippen LogP) is 1.62. The minimum atomic E-state index is -0.136. The van der Waals surface area contributed by atoms with Crippen LogP contribution in [0.2, 0.25) is 0 Å². The Kier molecular flexibility index (Phi) is 6.87. The summed E-state index contributed by atoms with van der Waals surface area (Å²) in [4.78, 5) is 25.2. The maximum absolute atomic E-state index is 12.4. The molecular formula is C17H25N3O3. The molecule has 126 valence electrons. The first-order valence-electron chi connectivity index (χ1n) is 8.11. The van der Waals surface area contributed by atoms with Gasteiger partial charge < -0.3 is 20.3 Å². The zero-order chi connectivity index (χ0) is 16.5. The molecule has 0 radical (unpaired) electrons. The molecule has 1 amide bonds. The molecule has 1 aromatic rings. The van der Waals surface area contributed by atoms with Crippen molar-refractivity contribution in [2.75, 3.05) is 38.5 Å². The molecule has 0 bridgehead atoms. The van der Waals surface area contributed by atoms with Crippen LogP contribution in [0.1, 0.15) is 35.2 Å². The van der Waals surface area contributed by atoms with Crippen molar-refractivity contribution in [2.45, 2.75) is 25.9 Å². The number of rotatable bonds is 8. The van der Waals surface area contributed by atoms with Crippen molar-refractivity contribution in [1.29, 1.82) is 0 Å². The molecule has 1 aromatic carbocycles. The van der Waals surface area contributed by atoms with Crippen LogP contribution in [0.3, 0.4) is 0 Å². The Morgan fingerprint density at radius 1 is 1.30 bits per heavy atom. The number of likely N-dealkylation sites (tertiary alicyclic amines) is 1. The number of piperidine rings is 1. The summed E-state index contributed by atoms with van der Waals surface area (Å²) < 4.78 is 4.79. The molecule has 6 nitrogen and oxygen atoms in total. The van der Waals surface area contributed by atoms with E-state index in [1.807, 2.05) is 6.07 Å². The van der Waals surface area contributed by atoms with Crippen LogP contribution in [0.15, 0.2) is 18.2 Å². The monoisotopic (exact) mass is 319 g/mol. The lowest BCUT2D eigenvalue weighted by Gasteiger charge is -2.26. The van der Waals surface area contributed by atoms with Gasteiger partial charge in [0.15, 0.2) is 0 Å². The van der Waals surface area contributed by atoms with Crippen LogP contribution in [0.4, 0.5) is 5.69 Å². The summed E-state index contributed by atoms with van der Waals surface area (Å²) in [6.07, 6.45) is 3.79. The van der Waals surface area contributed by atoms with Crippen LogP contribution in [-0.2, 0) is 16.1 Å². The fraction of sp³-hybridized carbons (Fsp3) is 0.529. The number of carbonyl (C=O) groups excluding carboxylic acids is 2. The second kappa shape index (κ2) is 9.15. The van der Waals surface area contributed by atoms with E-state index in [0.717, 1.165) is 25.3 Å². The van der Waals surface area contributed by atoms with Gasteiger partial charge in [-0.1, -0.05) is 12.5 Å². The Labute approximate surface area is 137 Å². The van der Waals surface area contributed by atoms with Crippen LogP contribution in [0.25, 0.3) is 0 Å². The van der Waals surface area contributed by atoms with Gasteiger partial charge in [0.05, 0.1) is 0 Å². The second-order valence-electron chi connectivity index (χ2n) is 5.69. The number of anilines is 1. The van der Waals surface area contributed by atoms with E-state index in [-0.39, 0.29) is 12.5 Å². The molecule has 1 aliphatic rings. The SMILES string of the molecule is CNc1ccc(COC=O)c(C(=O)NCCN2CCCCC2)c1. The molecule has 0 aromatic heterocycles. The molecule has 0 saturated carbocycles. The van der Waals surface area contributed by atoms with E-state index in [1.165, 1.54) is 19.3 Å². The van der Waals surface area contributed by atoms with Crippen LogP contribution in [0, 0.1) is 0 Å². The molecule has 0 atom stereocenters. The van der Waals surface area contributed by atoms with Gasteiger partial charge in [-0.15, -0.1) is 0 Å². The van der Waals surface area contributed by atoms with Gasteiger partial charge in [-0.2, -0.15) is 0 Å². The van der Waals surface area contributed by atoms with Crippen molar-refractivity contribution in [3.8, 4) is 0 Å². The molecule has 1 saturated heterocycles. The number of hydrogen-bond donors (Lipinski definition) is 2. The van der Waals surface area contributed by atoms with Crippen molar-refractivity contribution < 1.29 is 14.3 Å². The highest BCUT2D eigenvalue weighted by molar-refractivity contribution is 5.96. The average Bonchev–Trinajstić information content (AvgIpc) is 2.60. The van der Waals surface area contributed by atoms with Gasteiger partial charge in [0.1, 0.15) is 6.61 Å². The van der Waals surface area contributed by atoms with Gasteiger partial charge in [-0.25, -0.2) is 0 Å². The third-order valence-corrected chi connectivity index (χ3v) is 4.11. The van der Waals surface area contributed by atoms with Crippen molar-refractivity contribution in [3.63, 3.8) is 0 Å². The highest BCUT2D eigenvalue weighted by atomic mass is 16.5. The van der Waals surface area contributed by atoms with E-state index in [2.05, 4.69) is 15.5 Å². The van der Waals surface area contributed by atoms with Crippen molar-refractivity contribution in [2.24, 2.45) is 0 Å². The largest absolute Gasteiger partial charge is 0.463 e. The lowest BCUT2D eigenvalue weighted by molar-refractivity contribution is -0.129. The van der Waals surface area contributed by atoms with Gasteiger partial charge in [0.25, 0.3) is 12.4 Å². The minimum Gasteiger partial charge on any atom is -0.463 e. The van der Waals surface area contributed by atoms with Gasteiger partial charge in [-0.05, 0) is 38.1 Å².